The number of halogens is 1. The highest BCUT2D eigenvalue weighted by Gasteiger charge is 2.22. The van der Waals surface area contributed by atoms with Crippen molar-refractivity contribution in [3.05, 3.63) is 47.8 Å². The van der Waals surface area contributed by atoms with E-state index in [0.717, 1.165) is 0 Å². The molecule has 0 aliphatic carbocycles. The quantitative estimate of drug-likeness (QED) is 0.667. The van der Waals surface area contributed by atoms with Gasteiger partial charge in [-0.2, -0.15) is 0 Å². The summed E-state index contributed by atoms with van der Waals surface area (Å²) in [4.78, 5) is 17.4. The number of benzene rings is 2. The number of fused-ring (bicyclic) bond motifs is 2. The van der Waals surface area contributed by atoms with E-state index < -0.39 is 0 Å². The number of imidazole rings is 1. The number of thioether (sulfide) groups is 1. The van der Waals surface area contributed by atoms with E-state index in [0.29, 0.717) is 46.5 Å². The minimum Gasteiger partial charge on any atom is -0.486 e. The first kappa shape index (κ1) is 15.0. The standard InChI is InChI=1S/C17H13FN2O3S/c1-24-17-19-12-8-14-15(23-7-6-22-14)9-13(12)20(17)16(21)10-2-4-11(18)5-3-10/h2-5,8-9H,6-7H2,1H3. The number of hydrogen-bond donors (Lipinski definition) is 0. The number of ether oxygens (including phenoxy) is 2. The maximum Gasteiger partial charge on any atom is 0.264 e. The molecule has 122 valence electrons. The van der Waals surface area contributed by atoms with Crippen molar-refractivity contribution in [2.45, 2.75) is 5.16 Å². The summed E-state index contributed by atoms with van der Waals surface area (Å²) in [6.07, 6.45) is 1.85. The second kappa shape index (κ2) is 5.83. The van der Waals surface area contributed by atoms with Gasteiger partial charge in [-0.3, -0.25) is 9.36 Å². The third kappa shape index (κ3) is 2.41. The van der Waals surface area contributed by atoms with E-state index in [9.17, 15) is 9.18 Å². The number of carbonyl (C=O) groups is 1. The molecule has 2 heterocycles. The summed E-state index contributed by atoms with van der Waals surface area (Å²) in [6.45, 7) is 0.955. The normalized spacial score (nSPS) is 13.2. The van der Waals surface area contributed by atoms with Gasteiger partial charge in [-0.25, -0.2) is 9.37 Å². The molecule has 0 saturated heterocycles. The molecule has 0 unspecified atom stereocenters. The summed E-state index contributed by atoms with van der Waals surface area (Å²) >= 11 is 1.37. The van der Waals surface area contributed by atoms with Crippen LogP contribution in [0.2, 0.25) is 0 Å². The highest BCUT2D eigenvalue weighted by atomic mass is 32.2. The fourth-order valence-electron chi connectivity index (χ4n) is 2.65. The summed E-state index contributed by atoms with van der Waals surface area (Å²) in [5, 5.41) is 0.557. The Labute approximate surface area is 141 Å². The molecule has 2 aromatic carbocycles. The zero-order valence-corrected chi connectivity index (χ0v) is 13.6. The summed E-state index contributed by atoms with van der Waals surface area (Å²) in [6, 6.07) is 9.00. The fraction of sp³-hybridized carbons (Fsp3) is 0.176. The third-order valence-electron chi connectivity index (χ3n) is 3.76. The molecular formula is C17H13FN2O3S. The topological polar surface area (TPSA) is 53.4 Å². The van der Waals surface area contributed by atoms with Crippen LogP contribution in [0, 0.1) is 5.82 Å². The number of nitrogens with zero attached hydrogens (tertiary/aromatic N) is 2. The van der Waals surface area contributed by atoms with Crippen molar-refractivity contribution in [2.75, 3.05) is 19.5 Å². The van der Waals surface area contributed by atoms with E-state index in [1.165, 1.54) is 40.6 Å². The van der Waals surface area contributed by atoms with E-state index in [-0.39, 0.29) is 11.7 Å². The van der Waals surface area contributed by atoms with Crippen molar-refractivity contribution >= 4 is 28.7 Å². The van der Waals surface area contributed by atoms with Crippen LogP contribution in [0.4, 0.5) is 4.39 Å². The van der Waals surface area contributed by atoms with Crippen molar-refractivity contribution in [2.24, 2.45) is 0 Å². The van der Waals surface area contributed by atoms with E-state index in [4.69, 9.17) is 9.47 Å². The first-order chi connectivity index (χ1) is 11.7. The lowest BCUT2D eigenvalue weighted by molar-refractivity contribution is 0.0955. The molecule has 0 amide bonds. The van der Waals surface area contributed by atoms with E-state index in [1.54, 1.807) is 12.1 Å². The molecule has 0 atom stereocenters. The first-order valence-electron chi connectivity index (χ1n) is 7.34. The molecule has 0 N–H and O–H groups in total. The molecular weight excluding hydrogens is 331 g/mol. The van der Waals surface area contributed by atoms with Crippen LogP contribution in [0.5, 0.6) is 11.5 Å². The van der Waals surface area contributed by atoms with Crippen LogP contribution in [0.25, 0.3) is 11.0 Å². The Hall–Kier alpha value is -2.54. The number of rotatable bonds is 2. The summed E-state index contributed by atoms with van der Waals surface area (Å²) < 4.78 is 25.8. The van der Waals surface area contributed by atoms with Crippen LogP contribution in [0.3, 0.4) is 0 Å². The maximum absolute atomic E-state index is 13.1. The minimum atomic E-state index is -0.383. The predicted molar refractivity (Wildman–Crippen MR) is 88.6 cm³/mol. The van der Waals surface area contributed by atoms with Crippen molar-refractivity contribution in [1.29, 1.82) is 0 Å². The second-order valence-electron chi connectivity index (χ2n) is 5.23. The van der Waals surface area contributed by atoms with Gasteiger partial charge in [0.25, 0.3) is 5.91 Å². The number of aromatic nitrogens is 2. The van der Waals surface area contributed by atoms with Gasteiger partial charge in [0.05, 0.1) is 11.0 Å². The van der Waals surface area contributed by atoms with Crippen LogP contribution in [0.15, 0.2) is 41.6 Å². The number of hydrogen-bond acceptors (Lipinski definition) is 5. The lowest BCUT2D eigenvalue weighted by Crippen LogP contribution is -2.16. The molecule has 1 aliphatic heterocycles. The zero-order valence-electron chi connectivity index (χ0n) is 12.8. The molecule has 1 aliphatic rings. The van der Waals surface area contributed by atoms with Crippen LogP contribution in [-0.4, -0.2) is 34.9 Å². The van der Waals surface area contributed by atoms with Gasteiger partial charge in [-0.1, -0.05) is 11.8 Å². The molecule has 7 heteroatoms. The highest BCUT2D eigenvalue weighted by molar-refractivity contribution is 7.98. The largest absolute Gasteiger partial charge is 0.486 e. The van der Waals surface area contributed by atoms with E-state index in [1.807, 2.05) is 6.26 Å². The molecule has 0 spiro atoms. The van der Waals surface area contributed by atoms with Gasteiger partial charge in [0.2, 0.25) is 0 Å². The van der Waals surface area contributed by atoms with E-state index >= 15 is 0 Å². The Morgan fingerprint density at radius 3 is 2.50 bits per heavy atom. The van der Waals surface area contributed by atoms with Crippen LogP contribution in [-0.2, 0) is 0 Å². The van der Waals surface area contributed by atoms with Crippen molar-refractivity contribution < 1.29 is 18.7 Å². The van der Waals surface area contributed by atoms with Gasteiger partial charge in [-0.15, -0.1) is 0 Å². The van der Waals surface area contributed by atoms with Crippen molar-refractivity contribution in [1.82, 2.24) is 9.55 Å². The fourth-order valence-corrected chi connectivity index (χ4v) is 3.20. The minimum absolute atomic E-state index is 0.265. The molecule has 0 radical (unpaired) electrons. The Balaban J connectivity index is 1.89. The van der Waals surface area contributed by atoms with Gasteiger partial charge in [0, 0.05) is 17.7 Å². The Kier molecular flexibility index (Phi) is 3.65. The van der Waals surface area contributed by atoms with Gasteiger partial charge in [-0.05, 0) is 30.5 Å². The van der Waals surface area contributed by atoms with Crippen LogP contribution < -0.4 is 9.47 Å². The van der Waals surface area contributed by atoms with Crippen LogP contribution >= 0.6 is 11.8 Å². The molecule has 0 fully saturated rings. The SMILES string of the molecule is CSc1nc2cc3c(cc2n1C(=O)c1ccc(F)cc1)OCCO3. The van der Waals surface area contributed by atoms with Crippen molar-refractivity contribution in [3.63, 3.8) is 0 Å². The first-order valence-corrected chi connectivity index (χ1v) is 8.56. The smallest absolute Gasteiger partial charge is 0.264 e. The molecule has 24 heavy (non-hydrogen) atoms. The predicted octanol–water partition coefficient (Wildman–Crippen LogP) is 3.36. The van der Waals surface area contributed by atoms with Gasteiger partial charge in [0.15, 0.2) is 16.7 Å². The molecule has 5 nitrogen and oxygen atoms in total. The maximum atomic E-state index is 13.1. The molecule has 3 aromatic rings. The van der Waals surface area contributed by atoms with Crippen molar-refractivity contribution in [3.8, 4) is 11.5 Å². The lowest BCUT2D eigenvalue weighted by atomic mass is 10.2. The Morgan fingerprint density at radius 2 is 1.83 bits per heavy atom. The zero-order chi connectivity index (χ0) is 16.7. The summed E-state index contributed by atoms with van der Waals surface area (Å²) in [5.41, 5.74) is 1.68. The molecule has 0 bridgehead atoms. The summed E-state index contributed by atoms with van der Waals surface area (Å²) in [5.74, 6) is 0.569. The average Bonchev–Trinajstić information content (AvgIpc) is 2.97. The van der Waals surface area contributed by atoms with Gasteiger partial charge in [0.1, 0.15) is 19.0 Å². The van der Waals surface area contributed by atoms with Gasteiger partial charge >= 0.3 is 0 Å². The molecule has 1 aromatic heterocycles. The average molecular weight is 344 g/mol. The molecule has 0 saturated carbocycles. The Bertz CT molecular complexity index is 937. The third-order valence-corrected chi connectivity index (χ3v) is 4.40. The monoisotopic (exact) mass is 344 g/mol. The van der Waals surface area contributed by atoms with Crippen LogP contribution in [0.1, 0.15) is 10.4 Å². The second-order valence-corrected chi connectivity index (χ2v) is 6.00. The lowest BCUT2D eigenvalue weighted by Gasteiger charge is -2.18. The summed E-state index contributed by atoms with van der Waals surface area (Å²) in [7, 11) is 0. The molecule has 4 rings (SSSR count). The Morgan fingerprint density at radius 1 is 1.17 bits per heavy atom. The van der Waals surface area contributed by atoms with Gasteiger partial charge < -0.3 is 9.47 Å². The highest BCUT2D eigenvalue weighted by Crippen LogP contribution is 2.36. The van der Waals surface area contributed by atoms with E-state index in [2.05, 4.69) is 4.98 Å². The number of carbonyl (C=O) groups excluding carboxylic acids is 1.